The van der Waals surface area contributed by atoms with Crippen molar-refractivity contribution in [3.63, 3.8) is 0 Å². The molecule has 1 aliphatic rings. The molecule has 1 heterocycles. The third-order valence-electron chi connectivity index (χ3n) is 6.36. The number of nitrogens with zero attached hydrogens (tertiary/aromatic N) is 1. The van der Waals surface area contributed by atoms with Crippen molar-refractivity contribution < 1.29 is 14.1 Å². The Hall–Kier alpha value is -0.700. The van der Waals surface area contributed by atoms with Crippen LogP contribution in [0.15, 0.2) is 0 Å². The first kappa shape index (κ1) is 24.3. The Morgan fingerprint density at radius 1 is 0.667 bits per heavy atom. The molecule has 1 fully saturated rings. The molecule has 1 atom stereocenters. The van der Waals surface area contributed by atoms with Crippen molar-refractivity contribution >= 4 is 11.8 Å². The molecule has 0 aromatic carbocycles. The summed E-state index contributed by atoms with van der Waals surface area (Å²) in [5.41, 5.74) is 0. The molecule has 0 saturated carbocycles. The van der Waals surface area contributed by atoms with Gasteiger partial charge in [-0.2, -0.15) is 4.48 Å². The van der Waals surface area contributed by atoms with Gasteiger partial charge in [0, 0.05) is 0 Å². The number of quaternary nitrogens is 1. The molecule has 0 radical (unpaired) electrons. The summed E-state index contributed by atoms with van der Waals surface area (Å²) in [5, 5.41) is 0. The van der Waals surface area contributed by atoms with Crippen LogP contribution in [-0.2, 0) is 9.59 Å². The van der Waals surface area contributed by atoms with E-state index in [-0.39, 0.29) is 22.2 Å². The molecule has 3 heteroatoms. The number of hydrogen-bond donors (Lipinski definition) is 0. The summed E-state index contributed by atoms with van der Waals surface area (Å²) in [4.78, 5) is 25.9. The number of imide groups is 1. The van der Waals surface area contributed by atoms with Crippen LogP contribution in [0.3, 0.4) is 0 Å². The molecule has 158 valence electrons. The average Bonchev–Trinajstić information content (AvgIpc) is 2.90. The van der Waals surface area contributed by atoms with E-state index >= 15 is 0 Å². The molecule has 1 aliphatic heterocycles. The van der Waals surface area contributed by atoms with Gasteiger partial charge in [0.05, 0.1) is 25.4 Å². The second-order valence-corrected chi connectivity index (χ2v) is 8.73. The second-order valence-electron chi connectivity index (χ2n) is 8.73. The van der Waals surface area contributed by atoms with Gasteiger partial charge >= 0.3 is 11.8 Å². The predicted molar refractivity (Wildman–Crippen MR) is 114 cm³/mol. The van der Waals surface area contributed by atoms with E-state index in [9.17, 15) is 9.59 Å². The van der Waals surface area contributed by atoms with E-state index in [0.29, 0.717) is 6.42 Å². The maximum atomic E-state index is 13.1. The zero-order valence-corrected chi connectivity index (χ0v) is 18.6. The first-order valence-corrected chi connectivity index (χ1v) is 12.1. The minimum Gasteiger partial charge on any atom is -0.230 e. The Balaban J connectivity index is 2.29. The lowest BCUT2D eigenvalue weighted by atomic mass is 9.98. The summed E-state index contributed by atoms with van der Waals surface area (Å²) >= 11 is 0. The smallest absolute Gasteiger partial charge is 0.230 e. The minimum atomic E-state index is 0.000237. The highest BCUT2D eigenvalue weighted by molar-refractivity contribution is 5.93. The first-order chi connectivity index (χ1) is 13.1. The normalized spacial score (nSPS) is 19.1. The molecule has 0 aromatic heterocycles. The average molecular weight is 381 g/mol. The van der Waals surface area contributed by atoms with Gasteiger partial charge in [-0.25, -0.2) is 9.59 Å². The highest BCUT2D eigenvalue weighted by Crippen LogP contribution is 2.33. The molecular weight excluding hydrogens is 334 g/mol. The van der Waals surface area contributed by atoms with Crippen LogP contribution < -0.4 is 0 Å². The summed E-state index contributed by atoms with van der Waals surface area (Å²) in [5.74, 6) is 0.456. The van der Waals surface area contributed by atoms with Gasteiger partial charge in [0.2, 0.25) is 0 Å². The van der Waals surface area contributed by atoms with Crippen molar-refractivity contribution in [1.82, 2.24) is 0 Å². The van der Waals surface area contributed by atoms with Gasteiger partial charge in [-0.15, -0.1) is 0 Å². The van der Waals surface area contributed by atoms with Gasteiger partial charge in [-0.05, 0) is 19.3 Å². The number of unbranched alkanes of at least 4 members (excludes halogenated alkanes) is 11. The van der Waals surface area contributed by atoms with Gasteiger partial charge in [0.25, 0.3) is 0 Å². The van der Waals surface area contributed by atoms with E-state index in [0.717, 1.165) is 51.6 Å². The number of amides is 2. The van der Waals surface area contributed by atoms with Crippen molar-refractivity contribution in [1.29, 1.82) is 0 Å². The lowest BCUT2D eigenvalue weighted by molar-refractivity contribution is -0.775. The third-order valence-corrected chi connectivity index (χ3v) is 6.36. The fourth-order valence-electron chi connectivity index (χ4n) is 4.49. The topological polar surface area (TPSA) is 34.1 Å². The molecule has 2 amide bonds. The van der Waals surface area contributed by atoms with Gasteiger partial charge in [0.15, 0.2) is 0 Å². The van der Waals surface area contributed by atoms with Gasteiger partial charge in [0.1, 0.15) is 0 Å². The lowest BCUT2D eigenvalue weighted by Crippen LogP contribution is -2.54. The van der Waals surface area contributed by atoms with Crippen LogP contribution >= 0.6 is 0 Å². The zero-order valence-electron chi connectivity index (χ0n) is 18.6. The van der Waals surface area contributed by atoms with Crippen molar-refractivity contribution in [3.8, 4) is 0 Å². The van der Waals surface area contributed by atoms with Crippen LogP contribution in [0.2, 0.25) is 0 Å². The molecule has 1 saturated heterocycles. The fraction of sp³-hybridized carbons (Fsp3) is 0.917. The lowest BCUT2D eigenvalue weighted by Gasteiger charge is -2.29. The van der Waals surface area contributed by atoms with E-state index in [1.807, 2.05) is 0 Å². The Labute approximate surface area is 168 Å². The predicted octanol–water partition coefficient (Wildman–Crippen LogP) is 6.79. The minimum absolute atomic E-state index is 0.000237. The van der Waals surface area contributed by atoms with Crippen molar-refractivity contribution in [2.75, 3.05) is 13.1 Å². The number of rotatable bonds is 17. The Bertz CT molecular complexity index is 411. The number of carbonyl (C=O) groups is 2. The second kappa shape index (κ2) is 14.3. The van der Waals surface area contributed by atoms with E-state index in [1.54, 1.807) is 0 Å². The Kier molecular flexibility index (Phi) is 12.9. The Morgan fingerprint density at radius 2 is 1.11 bits per heavy atom. The van der Waals surface area contributed by atoms with E-state index in [2.05, 4.69) is 20.8 Å². The van der Waals surface area contributed by atoms with Crippen molar-refractivity contribution in [2.45, 2.75) is 124 Å². The molecule has 1 rings (SSSR count). The quantitative estimate of drug-likeness (QED) is 0.158. The SMILES string of the molecule is CCCCCCCCCCCCC1CC(=O)[N+](CCCC)(CCCC)C1=O. The molecule has 0 aliphatic carbocycles. The number of hydrogen-bond acceptors (Lipinski definition) is 2. The standard InChI is InChI=1S/C24H46NO2/c1-4-7-10-11-12-13-14-15-16-17-18-22-21-23(26)25(24(22)27,19-8-5-2)20-9-6-3/h22H,4-21H2,1-3H3/q+1. The molecule has 0 aromatic rings. The monoisotopic (exact) mass is 380 g/mol. The maximum absolute atomic E-state index is 13.1. The maximum Gasteiger partial charge on any atom is 0.324 e. The number of carbonyl (C=O) groups excluding carboxylic acids is 2. The van der Waals surface area contributed by atoms with Crippen LogP contribution in [0.5, 0.6) is 0 Å². The third kappa shape index (κ3) is 8.05. The summed E-state index contributed by atoms with van der Waals surface area (Å²) in [6.07, 6.45) is 18.7. The molecule has 1 unspecified atom stereocenters. The Morgan fingerprint density at radius 3 is 1.59 bits per heavy atom. The van der Waals surface area contributed by atoms with Crippen molar-refractivity contribution in [2.24, 2.45) is 5.92 Å². The molecule has 3 nitrogen and oxygen atoms in total. The fourth-order valence-corrected chi connectivity index (χ4v) is 4.49. The summed E-state index contributed by atoms with van der Waals surface area (Å²) in [6.45, 7) is 8.02. The largest absolute Gasteiger partial charge is 0.324 e. The van der Waals surface area contributed by atoms with Crippen LogP contribution in [0.1, 0.15) is 124 Å². The molecular formula is C24H46NO2+. The molecule has 0 bridgehead atoms. The molecule has 27 heavy (non-hydrogen) atoms. The molecule has 0 N–H and O–H groups in total. The summed E-state index contributed by atoms with van der Waals surface area (Å²) in [6, 6.07) is 0. The van der Waals surface area contributed by atoms with Gasteiger partial charge < -0.3 is 0 Å². The van der Waals surface area contributed by atoms with E-state index in [1.165, 1.54) is 57.8 Å². The summed E-state index contributed by atoms with van der Waals surface area (Å²) in [7, 11) is 0. The van der Waals surface area contributed by atoms with E-state index in [4.69, 9.17) is 0 Å². The van der Waals surface area contributed by atoms with Crippen LogP contribution in [-0.4, -0.2) is 29.4 Å². The van der Waals surface area contributed by atoms with Gasteiger partial charge in [-0.3, -0.25) is 0 Å². The highest BCUT2D eigenvalue weighted by atomic mass is 16.2. The highest BCUT2D eigenvalue weighted by Gasteiger charge is 2.53. The van der Waals surface area contributed by atoms with E-state index < -0.39 is 0 Å². The first-order valence-electron chi connectivity index (χ1n) is 12.1. The molecule has 0 spiro atoms. The summed E-state index contributed by atoms with van der Waals surface area (Å²) < 4.78 is 0.171. The zero-order chi connectivity index (χ0) is 20.0. The van der Waals surface area contributed by atoms with Crippen LogP contribution in [0, 0.1) is 5.92 Å². The van der Waals surface area contributed by atoms with Gasteiger partial charge in [-0.1, -0.05) is 97.8 Å². The van der Waals surface area contributed by atoms with Crippen molar-refractivity contribution in [3.05, 3.63) is 0 Å². The van der Waals surface area contributed by atoms with Crippen LogP contribution in [0.25, 0.3) is 0 Å². The number of likely N-dealkylation sites (tertiary alicyclic amines) is 1. The van der Waals surface area contributed by atoms with Crippen LogP contribution in [0.4, 0.5) is 0 Å².